The van der Waals surface area contributed by atoms with E-state index in [9.17, 15) is 18.5 Å². The third-order valence-electron chi connectivity index (χ3n) is 6.49. The SMILES string of the molecule is CN(C)CCN(c1ccc(N=C(c2ccc3c(c2)OCO3)C2C(=O)Nc3cc(C#N)ccc32)cc1)S(C)(=O)=O. The smallest absolute Gasteiger partial charge is 0.238 e. The number of nitrogens with one attached hydrogen (secondary N) is 1. The number of fused-ring (bicyclic) bond motifs is 2. The van der Waals surface area contributed by atoms with Crippen molar-refractivity contribution >= 4 is 38.7 Å². The lowest BCUT2D eigenvalue weighted by molar-refractivity contribution is -0.115. The third-order valence-corrected chi connectivity index (χ3v) is 7.69. The maximum Gasteiger partial charge on any atom is 0.238 e. The molecule has 5 rings (SSSR count). The van der Waals surface area contributed by atoms with Crippen LogP contribution in [0.4, 0.5) is 17.1 Å². The molecule has 1 N–H and O–H groups in total. The Morgan fingerprint density at radius 3 is 2.49 bits per heavy atom. The standard InChI is InChI=1S/C28H27N5O5S/c1-32(2)12-13-33(39(3,35)36)21-8-6-20(7-9-21)30-27(19-5-11-24-25(15-19)38-17-37-24)26-22-10-4-18(16-29)14-23(22)31-28(26)34/h4-11,14-15,26H,12-13,17H2,1-3H3,(H,31,34). The molecular formula is C28H27N5O5S. The molecule has 0 saturated heterocycles. The molecule has 1 unspecified atom stereocenters. The van der Waals surface area contributed by atoms with Crippen LogP contribution in [0.1, 0.15) is 22.6 Å². The number of rotatable bonds is 8. The van der Waals surface area contributed by atoms with Gasteiger partial charge >= 0.3 is 0 Å². The number of nitrogens with zero attached hydrogens (tertiary/aromatic N) is 4. The van der Waals surface area contributed by atoms with Gasteiger partial charge in [0.05, 0.1) is 35.0 Å². The maximum atomic E-state index is 13.2. The Balaban J connectivity index is 1.57. The second-order valence-corrected chi connectivity index (χ2v) is 11.5. The van der Waals surface area contributed by atoms with Crippen molar-refractivity contribution in [1.82, 2.24) is 4.90 Å². The second kappa shape index (κ2) is 10.4. The number of hydrogen-bond acceptors (Lipinski definition) is 8. The van der Waals surface area contributed by atoms with Crippen LogP contribution in [0.25, 0.3) is 0 Å². The predicted molar refractivity (Wildman–Crippen MR) is 148 cm³/mol. The van der Waals surface area contributed by atoms with E-state index >= 15 is 0 Å². The number of carbonyl (C=O) groups is 1. The van der Waals surface area contributed by atoms with Gasteiger partial charge in [-0.05, 0) is 74.3 Å². The van der Waals surface area contributed by atoms with Crippen LogP contribution in [0.5, 0.6) is 11.5 Å². The molecule has 0 radical (unpaired) electrons. The summed E-state index contributed by atoms with van der Waals surface area (Å²) in [6.07, 6.45) is 1.18. The van der Waals surface area contributed by atoms with Crippen LogP contribution in [0.3, 0.4) is 0 Å². The number of nitriles is 1. The average molecular weight is 546 g/mol. The Labute approximate surface area is 227 Å². The molecule has 10 nitrogen and oxygen atoms in total. The molecule has 200 valence electrons. The number of amides is 1. The molecule has 3 aromatic rings. The van der Waals surface area contributed by atoms with Gasteiger partial charge in [0.1, 0.15) is 5.92 Å². The van der Waals surface area contributed by atoms with E-state index in [-0.39, 0.29) is 12.7 Å². The van der Waals surface area contributed by atoms with Crippen LogP contribution in [-0.2, 0) is 14.8 Å². The van der Waals surface area contributed by atoms with Crippen LogP contribution in [0.15, 0.2) is 65.7 Å². The lowest BCUT2D eigenvalue weighted by Crippen LogP contribution is -2.35. The van der Waals surface area contributed by atoms with Crippen molar-refractivity contribution in [3.05, 3.63) is 77.4 Å². The minimum absolute atomic E-state index is 0.112. The molecule has 11 heteroatoms. The Morgan fingerprint density at radius 2 is 1.79 bits per heavy atom. The molecule has 0 saturated carbocycles. The Morgan fingerprint density at radius 1 is 1.05 bits per heavy atom. The highest BCUT2D eigenvalue weighted by Gasteiger charge is 2.36. The first-order chi connectivity index (χ1) is 18.6. The van der Waals surface area contributed by atoms with Crippen molar-refractivity contribution in [2.24, 2.45) is 4.99 Å². The highest BCUT2D eigenvalue weighted by molar-refractivity contribution is 7.92. The number of carbonyl (C=O) groups excluding carboxylic acids is 1. The molecule has 0 fully saturated rings. The van der Waals surface area contributed by atoms with Gasteiger partial charge in [-0.3, -0.25) is 14.1 Å². The number of benzene rings is 3. The van der Waals surface area contributed by atoms with Crippen molar-refractivity contribution in [2.75, 3.05) is 49.9 Å². The third kappa shape index (κ3) is 5.43. The van der Waals surface area contributed by atoms with E-state index in [0.29, 0.717) is 64.1 Å². The Bertz CT molecular complexity index is 1610. The lowest BCUT2D eigenvalue weighted by Gasteiger charge is -2.24. The van der Waals surface area contributed by atoms with Crippen LogP contribution in [-0.4, -0.2) is 65.2 Å². The molecule has 1 amide bonds. The first kappa shape index (κ1) is 26.2. The summed E-state index contributed by atoms with van der Waals surface area (Å²) in [6, 6.07) is 19.4. The van der Waals surface area contributed by atoms with E-state index in [1.807, 2.05) is 25.1 Å². The minimum atomic E-state index is -3.49. The zero-order chi connectivity index (χ0) is 27.7. The van der Waals surface area contributed by atoms with Gasteiger partial charge in [0.2, 0.25) is 22.7 Å². The van der Waals surface area contributed by atoms with E-state index in [2.05, 4.69) is 11.4 Å². The minimum Gasteiger partial charge on any atom is -0.454 e. The van der Waals surface area contributed by atoms with Crippen molar-refractivity contribution in [3.8, 4) is 17.6 Å². The predicted octanol–water partition coefficient (Wildman–Crippen LogP) is 3.47. The normalized spacial score (nSPS) is 16.1. The summed E-state index contributed by atoms with van der Waals surface area (Å²) in [7, 11) is 0.278. The van der Waals surface area contributed by atoms with Crippen molar-refractivity contribution in [2.45, 2.75) is 5.92 Å². The first-order valence-electron chi connectivity index (χ1n) is 12.2. The van der Waals surface area contributed by atoms with E-state index in [0.717, 1.165) is 0 Å². The number of likely N-dealkylation sites (N-methyl/N-ethyl adjacent to an activating group) is 1. The first-order valence-corrected chi connectivity index (χ1v) is 14.0. The summed E-state index contributed by atoms with van der Waals surface area (Å²) in [5.41, 5.74) is 3.94. The summed E-state index contributed by atoms with van der Waals surface area (Å²) in [5.74, 6) is 0.162. The fraction of sp³-hybridized carbons (Fsp3) is 0.250. The van der Waals surface area contributed by atoms with Gasteiger partial charge < -0.3 is 19.7 Å². The van der Waals surface area contributed by atoms with Crippen molar-refractivity contribution in [1.29, 1.82) is 5.26 Å². The highest BCUT2D eigenvalue weighted by Crippen LogP contribution is 2.39. The zero-order valence-electron chi connectivity index (χ0n) is 21.7. The molecule has 3 aromatic carbocycles. The quantitative estimate of drug-likeness (QED) is 0.430. The van der Waals surface area contributed by atoms with Gasteiger partial charge in [0.25, 0.3) is 0 Å². The topological polar surface area (TPSA) is 124 Å². The van der Waals surface area contributed by atoms with E-state index < -0.39 is 15.9 Å². The van der Waals surface area contributed by atoms with Gasteiger partial charge in [-0.15, -0.1) is 0 Å². The summed E-state index contributed by atoms with van der Waals surface area (Å²) in [5, 5.41) is 12.2. The molecule has 2 aliphatic rings. The maximum absolute atomic E-state index is 13.2. The molecule has 0 aliphatic carbocycles. The monoisotopic (exact) mass is 545 g/mol. The second-order valence-electron chi connectivity index (χ2n) is 9.56. The molecular weight excluding hydrogens is 518 g/mol. The summed E-state index contributed by atoms with van der Waals surface area (Å²) >= 11 is 0. The molecule has 39 heavy (non-hydrogen) atoms. The number of anilines is 2. The fourth-order valence-electron chi connectivity index (χ4n) is 4.56. The van der Waals surface area contributed by atoms with E-state index in [1.54, 1.807) is 54.6 Å². The molecule has 2 heterocycles. The van der Waals surface area contributed by atoms with Crippen LogP contribution >= 0.6 is 0 Å². The Kier molecular flexibility index (Phi) is 6.99. The number of sulfonamides is 1. The number of ether oxygens (including phenoxy) is 2. The van der Waals surface area contributed by atoms with Gasteiger partial charge in [0, 0.05) is 24.3 Å². The lowest BCUT2D eigenvalue weighted by atomic mass is 9.90. The largest absolute Gasteiger partial charge is 0.454 e. The zero-order valence-corrected chi connectivity index (χ0v) is 22.5. The van der Waals surface area contributed by atoms with Gasteiger partial charge in [-0.25, -0.2) is 8.42 Å². The Hall–Kier alpha value is -4.40. The van der Waals surface area contributed by atoms with E-state index in [1.165, 1.54) is 10.6 Å². The van der Waals surface area contributed by atoms with Crippen LogP contribution in [0, 0.1) is 11.3 Å². The number of hydrogen-bond donors (Lipinski definition) is 1. The van der Waals surface area contributed by atoms with Crippen molar-refractivity contribution in [3.63, 3.8) is 0 Å². The average Bonchev–Trinajstić information content (AvgIpc) is 3.49. The van der Waals surface area contributed by atoms with Crippen molar-refractivity contribution < 1.29 is 22.7 Å². The summed E-state index contributed by atoms with van der Waals surface area (Å²) in [4.78, 5) is 20.0. The van der Waals surface area contributed by atoms with Crippen LogP contribution in [0.2, 0.25) is 0 Å². The fourth-order valence-corrected chi connectivity index (χ4v) is 5.48. The van der Waals surface area contributed by atoms with Crippen LogP contribution < -0.4 is 19.1 Å². The molecule has 0 bridgehead atoms. The summed E-state index contributed by atoms with van der Waals surface area (Å²) < 4.78 is 37.3. The van der Waals surface area contributed by atoms with Gasteiger partial charge in [-0.2, -0.15) is 5.26 Å². The molecule has 2 aliphatic heterocycles. The summed E-state index contributed by atoms with van der Waals surface area (Å²) in [6.45, 7) is 0.979. The molecule has 0 spiro atoms. The van der Waals surface area contributed by atoms with E-state index in [4.69, 9.17) is 14.5 Å². The molecule has 1 atom stereocenters. The highest BCUT2D eigenvalue weighted by atomic mass is 32.2. The van der Waals surface area contributed by atoms with Gasteiger partial charge in [0.15, 0.2) is 11.5 Å². The number of aliphatic imine (C=N–C) groups is 1. The van der Waals surface area contributed by atoms with Gasteiger partial charge in [-0.1, -0.05) is 6.07 Å². The molecule has 0 aromatic heterocycles.